The fourth-order valence-electron chi connectivity index (χ4n) is 4.32. The van der Waals surface area contributed by atoms with Gasteiger partial charge in [0, 0.05) is 30.6 Å². The Balaban J connectivity index is 1.22. The van der Waals surface area contributed by atoms with E-state index in [1.165, 1.54) is 18.2 Å². The highest BCUT2D eigenvalue weighted by atomic mass is 19.4. The first kappa shape index (κ1) is 23.0. The molecule has 1 atom stereocenters. The first-order valence-electron chi connectivity index (χ1n) is 11.3. The Morgan fingerprint density at radius 3 is 2.57 bits per heavy atom. The Bertz CT molecular complexity index is 1610. The van der Waals surface area contributed by atoms with Crippen LogP contribution in [0.25, 0.3) is 22.3 Å². The van der Waals surface area contributed by atoms with E-state index in [4.69, 9.17) is 9.47 Å². The number of imidazole rings is 1. The van der Waals surface area contributed by atoms with Crippen LogP contribution in [0.4, 0.5) is 17.6 Å². The van der Waals surface area contributed by atoms with Gasteiger partial charge in [0.15, 0.2) is 29.1 Å². The topological polar surface area (TPSA) is 67.0 Å². The van der Waals surface area contributed by atoms with Crippen molar-refractivity contribution in [1.82, 2.24) is 24.3 Å². The number of alkyl halides is 3. The molecule has 1 aliphatic heterocycles. The predicted octanol–water partition coefficient (Wildman–Crippen LogP) is 5.55. The van der Waals surface area contributed by atoms with Crippen LogP contribution >= 0.6 is 0 Å². The minimum atomic E-state index is -4.44. The first-order chi connectivity index (χ1) is 17.7. The van der Waals surface area contributed by atoms with Crippen LogP contribution in [0, 0.1) is 5.82 Å². The Kier molecular flexibility index (Phi) is 5.36. The quantitative estimate of drug-likeness (QED) is 0.297. The fraction of sp³-hybridized carbons (Fsp3) is 0.192. The van der Waals surface area contributed by atoms with Gasteiger partial charge in [0.25, 0.3) is 0 Å². The molecule has 0 radical (unpaired) electrons. The number of aromatic nitrogens is 5. The second-order valence-corrected chi connectivity index (χ2v) is 8.78. The number of rotatable bonds is 4. The molecule has 0 spiro atoms. The number of hydrogen-bond acceptors (Lipinski definition) is 5. The van der Waals surface area contributed by atoms with Crippen LogP contribution < -0.4 is 9.47 Å². The van der Waals surface area contributed by atoms with Crippen molar-refractivity contribution >= 4 is 11.2 Å². The van der Waals surface area contributed by atoms with Crippen LogP contribution in [0.2, 0.25) is 0 Å². The molecule has 0 aliphatic carbocycles. The number of pyridine rings is 1. The number of benzene rings is 2. The van der Waals surface area contributed by atoms with Gasteiger partial charge in [0.2, 0.25) is 0 Å². The molecule has 7 nitrogen and oxygen atoms in total. The van der Waals surface area contributed by atoms with Gasteiger partial charge in [-0.3, -0.25) is 4.68 Å². The normalized spacial score (nSPS) is 15.3. The summed E-state index contributed by atoms with van der Waals surface area (Å²) in [7, 11) is 1.84. The van der Waals surface area contributed by atoms with Gasteiger partial charge in [-0.2, -0.15) is 18.3 Å². The van der Waals surface area contributed by atoms with Crippen molar-refractivity contribution in [2.24, 2.45) is 7.05 Å². The van der Waals surface area contributed by atoms with E-state index in [0.717, 1.165) is 23.3 Å². The number of fused-ring (bicyclic) bond motifs is 2. The van der Waals surface area contributed by atoms with E-state index >= 15 is 4.39 Å². The highest BCUT2D eigenvalue weighted by Gasteiger charge is 2.31. The Morgan fingerprint density at radius 1 is 1.03 bits per heavy atom. The molecule has 37 heavy (non-hydrogen) atoms. The van der Waals surface area contributed by atoms with E-state index in [1.54, 1.807) is 34.0 Å². The van der Waals surface area contributed by atoms with Crippen LogP contribution in [0.5, 0.6) is 11.5 Å². The summed E-state index contributed by atoms with van der Waals surface area (Å²) in [5.74, 6) is -0.468. The summed E-state index contributed by atoms with van der Waals surface area (Å²) in [5, 5.41) is 4.18. The van der Waals surface area contributed by atoms with Crippen molar-refractivity contribution in [1.29, 1.82) is 0 Å². The van der Waals surface area contributed by atoms with E-state index < -0.39 is 23.7 Å². The number of nitrogens with zero attached hydrogens (tertiary/aromatic N) is 5. The molecule has 5 aromatic rings. The second-order valence-electron chi connectivity index (χ2n) is 8.78. The summed E-state index contributed by atoms with van der Waals surface area (Å²) in [6.07, 6.45) is 1.85. The molecular formula is C26H19F4N5O2. The Hall–Kier alpha value is -4.41. The van der Waals surface area contributed by atoms with Crippen molar-refractivity contribution in [3.05, 3.63) is 89.9 Å². The van der Waals surface area contributed by atoms with Crippen LogP contribution in [0.1, 0.15) is 22.8 Å². The number of hydrogen-bond donors (Lipinski definition) is 0. The molecule has 4 heterocycles. The monoisotopic (exact) mass is 509 g/mol. The van der Waals surface area contributed by atoms with E-state index in [9.17, 15) is 13.2 Å². The average molecular weight is 509 g/mol. The summed E-state index contributed by atoms with van der Waals surface area (Å²) in [4.78, 5) is 8.98. The predicted molar refractivity (Wildman–Crippen MR) is 126 cm³/mol. The largest absolute Gasteiger partial charge is 0.485 e. The van der Waals surface area contributed by atoms with Gasteiger partial charge in [-0.25, -0.2) is 14.4 Å². The first-order valence-corrected chi connectivity index (χ1v) is 11.3. The zero-order valence-electron chi connectivity index (χ0n) is 19.4. The molecule has 0 bridgehead atoms. The van der Waals surface area contributed by atoms with Gasteiger partial charge in [0.05, 0.1) is 24.6 Å². The fourth-order valence-corrected chi connectivity index (χ4v) is 4.32. The van der Waals surface area contributed by atoms with Gasteiger partial charge in [-0.15, -0.1) is 0 Å². The lowest BCUT2D eigenvalue weighted by Crippen LogP contribution is -2.22. The molecule has 11 heteroatoms. The number of aryl methyl sites for hydroxylation is 1. The maximum atomic E-state index is 15.0. The lowest BCUT2D eigenvalue weighted by Gasteiger charge is -2.27. The van der Waals surface area contributed by atoms with E-state index in [0.29, 0.717) is 28.8 Å². The molecule has 0 saturated heterocycles. The zero-order chi connectivity index (χ0) is 25.7. The summed E-state index contributed by atoms with van der Waals surface area (Å²) in [5.41, 5.74) is 3.46. The highest BCUT2D eigenvalue weighted by molar-refractivity contribution is 5.77. The third-order valence-corrected chi connectivity index (χ3v) is 6.18. The van der Waals surface area contributed by atoms with E-state index in [1.807, 2.05) is 19.3 Å². The molecule has 2 aromatic carbocycles. The average Bonchev–Trinajstić information content (AvgIpc) is 3.49. The zero-order valence-corrected chi connectivity index (χ0v) is 19.4. The third-order valence-electron chi connectivity index (χ3n) is 6.18. The standard InChI is InChI=1S/C26H19F4N5O2/c1-34-12-18(10-33-34)17-8-21-25(31-9-17)35(14-32-21)11-15-6-20(27)24-22(7-15)36-13-23(37-24)16-2-4-19(5-3-16)26(28,29)30/h2-10,12,14,23H,11,13H2,1H3. The van der Waals surface area contributed by atoms with Crippen molar-refractivity contribution in [3.8, 4) is 22.6 Å². The van der Waals surface area contributed by atoms with Crippen molar-refractivity contribution in [2.75, 3.05) is 6.61 Å². The SMILES string of the molecule is Cn1cc(-c2cnc3c(c2)ncn3Cc2cc(F)c3c(c2)OCC(c2ccc(C(F)(F)F)cc2)O3)cn1. The van der Waals surface area contributed by atoms with Crippen LogP contribution in [0.15, 0.2) is 67.4 Å². The molecule has 0 N–H and O–H groups in total. The van der Waals surface area contributed by atoms with Gasteiger partial charge >= 0.3 is 6.18 Å². The van der Waals surface area contributed by atoms with Gasteiger partial charge < -0.3 is 14.0 Å². The third kappa shape index (κ3) is 4.37. The molecule has 0 amide bonds. The molecule has 0 fully saturated rings. The molecule has 188 valence electrons. The van der Waals surface area contributed by atoms with E-state index in [2.05, 4.69) is 15.1 Å². The van der Waals surface area contributed by atoms with Crippen LogP contribution in [0.3, 0.4) is 0 Å². The van der Waals surface area contributed by atoms with Gasteiger partial charge in [-0.05, 0) is 41.5 Å². The lowest BCUT2D eigenvalue weighted by molar-refractivity contribution is -0.137. The second kappa shape index (κ2) is 8.61. The highest BCUT2D eigenvalue weighted by Crippen LogP contribution is 2.40. The summed E-state index contributed by atoms with van der Waals surface area (Å²) < 4.78 is 68.6. The maximum Gasteiger partial charge on any atom is 0.416 e. The van der Waals surface area contributed by atoms with Crippen LogP contribution in [-0.2, 0) is 19.8 Å². The molecule has 1 aliphatic rings. The number of ether oxygens (including phenoxy) is 2. The van der Waals surface area contributed by atoms with E-state index in [-0.39, 0.29) is 18.1 Å². The molecule has 0 saturated carbocycles. The smallest absolute Gasteiger partial charge is 0.416 e. The summed E-state index contributed by atoms with van der Waals surface area (Å²) in [6.45, 7) is 0.333. The minimum Gasteiger partial charge on any atom is -0.485 e. The van der Waals surface area contributed by atoms with Crippen molar-refractivity contribution in [2.45, 2.75) is 18.8 Å². The summed E-state index contributed by atoms with van der Waals surface area (Å²) in [6, 6.07) is 9.50. The Morgan fingerprint density at radius 2 is 1.84 bits per heavy atom. The van der Waals surface area contributed by atoms with Gasteiger partial charge in [-0.1, -0.05) is 12.1 Å². The molecule has 3 aromatic heterocycles. The Labute approximate surface area is 207 Å². The van der Waals surface area contributed by atoms with Crippen molar-refractivity contribution < 1.29 is 27.0 Å². The molecule has 1 unspecified atom stereocenters. The maximum absolute atomic E-state index is 15.0. The molecular weight excluding hydrogens is 490 g/mol. The minimum absolute atomic E-state index is 0.0357. The molecule has 6 rings (SSSR count). The van der Waals surface area contributed by atoms with Crippen molar-refractivity contribution in [3.63, 3.8) is 0 Å². The van der Waals surface area contributed by atoms with Crippen LogP contribution in [-0.4, -0.2) is 30.9 Å². The lowest BCUT2D eigenvalue weighted by atomic mass is 10.1. The summed E-state index contributed by atoms with van der Waals surface area (Å²) >= 11 is 0. The van der Waals surface area contributed by atoms with Gasteiger partial charge in [0.1, 0.15) is 12.1 Å². The number of halogens is 4.